The molecular weight excluding hydrogens is 460 g/mol. The summed E-state index contributed by atoms with van der Waals surface area (Å²) in [5, 5.41) is 7.84. The highest BCUT2D eigenvalue weighted by Crippen LogP contribution is 2.09. The molecule has 2 aromatic rings. The quantitative estimate of drug-likeness (QED) is 0.274. The SMILES string of the molecule is CC(=O)CCNC=O.CC(C)NC(=O)c1ccc2c(c1)BOC2.CNC(=O)c1ccc2c(c1)BOC2. The number of Topliss-reactive ketones (excluding diaryl/α,β-unsaturated/α-hetero) is 1. The molecule has 190 valence electrons. The van der Waals surface area contributed by atoms with Gasteiger partial charge in [-0.15, -0.1) is 0 Å². The maximum absolute atomic E-state index is 11.7. The number of benzene rings is 2. The average molecular weight is 493 g/mol. The zero-order chi connectivity index (χ0) is 26.5. The van der Waals surface area contributed by atoms with Crippen LogP contribution in [-0.4, -0.2) is 58.6 Å². The molecule has 0 radical (unpaired) electrons. The number of carbonyl (C=O) groups is 4. The number of nitrogens with one attached hydrogen (secondary N) is 3. The van der Waals surface area contributed by atoms with Gasteiger partial charge in [-0.25, -0.2) is 0 Å². The summed E-state index contributed by atoms with van der Waals surface area (Å²) < 4.78 is 10.6. The van der Waals surface area contributed by atoms with E-state index in [1.54, 1.807) is 7.05 Å². The van der Waals surface area contributed by atoms with Crippen molar-refractivity contribution in [2.24, 2.45) is 0 Å². The molecule has 0 saturated heterocycles. The van der Waals surface area contributed by atoms with E-state index in [0.29, 0.717) is 58.7 Å². The zero-order valence-corrected chi connectivity index (χ0v) is 21.3. The molecule has 3 amide bonds. The van der Waals surface area contributed by atoms with Crippen molar-refractivity contribution in [1.82, 2.24) is 16.0 Å². The van der Waals surface area contributed by atoms with E-state index in [1.165, 1.54) is 18.1 Å². The Labute approximate surface area is 213 Å². The molecule has 0 spiro atoms. The summed E-state index contributed by atoms with van der Waals surface area (Å²) in [7, 11) is 2.88. The van der Waals surface area contributed by atoms with Crippen LogP contribution in [0.5, 0.6) is 0 Å². The third kappa shape index (κ3) is 9.31. The molecule has 0 aliphatic carbocycles. The van der Waals surface area contributed by atoms with E-state index >= 15 is 0 Å². The second-order valence-corrected chi connectivity index (χ2v) is 8.68. The van der Waals surface area contributed by atoms with E-state index in [-0.39, 0.29) is 23.6 Å². The molecule has 0 unspecified atom stereocenters. The first kappa shape index (κ1) is 28.8. The first-order valence-electron chi connectivity index (χ1n) is 11.8. The lowest BCUT2D eigenvalue weighted by molar-refractivity contribution is -0.117. The van der Waals surface area contributed by atoms with Crippen LogP contribution in [0.25, 0.3) is 0 Å². The van der Waals surface area contributed by atoms with Gasteiger partial charge in [0.25, 0.3) is 11.8 Å². The predicted molar refractivity (Wildman–Crippen MR) is 141 cm³/mol. The molecule has 2 aliphatic heterocycles. The van der Waals surface area contributed by atoms with Gasteiger partial charge in [0, 0.05) is 37.2 Å². The minimum atomic E-state index is -0.0466. The molecule has 0 saturated carbocycles. The molecule has 9 nitrogen and oxygen atoms in total. The lowest BCUT2D eigenvalue weighted by Crippen LogP contribution is -2.31. The molecule has 11 heteroatoms. The third-order valence-electron chi connectivity index (χ3n) is 5.32. The van der Waals surface area contributed by atoms with Crippen LogP contribution in [0.4, 0.5) is 0 Å². The summed E-state index contributed by atoms with van der Waals surface area (Å²) in [5.41, 5.74) is 6.05. The molecule has 0 bridgehead atoms. The topological polar surface area (TPSA) is 123 Å². The summed E-state index contributed by atoms with van der Waals surface area (Å²) in [6.45, 7) is 7.19. The Morgan fingerprint density at radius 1 is 0.944 bits per heavy atom. The van der Waals surface area contributed by atoms with Gasteiger partial charge in [0.2, 0.25) is 6.41 Å². The van der Waals surface area contributed by atoms with E-state index in [4.69, 9.17) is 9.31 Å². The highest BCUT2D eigenvalue weighted by molar-refractivity contribution is 6.49. The van der Waals surface area contributed by atoms with Crippen molar-refractivity contribution in [3.8, 4) is 0 Å². The highest BCUT2D eigenvalue weighted by atomic mass is 16.4. The summed E-state index contributed by atoms with van der Waals surface area (Å²) >= 11 is 0. The van der Waals surface area contributed by atoms with Gasteiger partial charge in [0.15, 0.2) is 0 Å². The fourth-order valence-corrected chi connectivity index (χ4v) is 3.42. The minimum absolute atomic E-state index is 0.0142. The van der Waals surface area contributed by atoms with E-state index in [0.717, 1.165) is 10.9 Å². The Balaban J connectivity index is 0.000000200. The first-order chi connectivity index (χ1) is 17.2. The molecule has 0 aromatic heterocycles. The fourth-order valence-electron chi connectivity index (χ4n) is 3.42. The third-order valence-corrected chi connectivity index (χ3v) is 5.32. The zero-order valence-electron chi connectivity index (χ0n) is 21.3. The molecule has 2 heterocycles. The lowest BCUT2D eigenvalue weighted by atomic mass is 9.86. The van der Waals surface area contributed by atoms with Crippen LogP contribution in [0.15, 0.2) is 36.4 Å². The van der Waals surface area contributed by atoms with E-state index in [1.807, 2.05) is 50.2 Å². The first-order valence-corrected chi connectivity index (χ1v) is 11.8. The second kappa shape index (κ2) is 14.9. The predicted octanol–water partition coefficient (Wildman–Crippen LogP) is -0.403. The standard InChI is InChI=1S/C11H14BNO2.C9H10BNO2.C5H9NO2/c1-7(2)13-11(14)8-3-4-9-6-15-12-10(9)5-8;1-11-9(12)6-2-3-7-5-13-10-8(7)4-6;1-5(8)2-3-6-4-7/h3-5,7,12H,6H2,1-2H3,(H,13,14);2-4,10H,5H2,1H3,(H,11,12);4H,2-3H2,1H3,(H,6,7). The average Bonchev–Trinajstić information content (AvgIpc) is 3.52. The second-order valence-electron chi connectivity index (χ2n) is 8.68. The van der Waals surface area contributed by atoms with Crippen molar-refractivity contribution in [2.45, 2.75) is 46.4 Å². The van der Waals surface area contributed by atoms with Crippen LogP contribution in [0.2, 0.25) is 0 Å². The van der Waals surface area contributed by atoms with Crippen molar-refractivity contribution in [1.29, 1.82) is 0 Å². The van der Waals surface area contributed by atoms with Crippen LogP contribution in [0, 0.1) is 0 Å². The van der Waals surface area contributed by atoms with Crippen LogP contribution < -0.4 is 26.9 Å². The van der Waals surface area contributed by atoms with Crippen molar-refractivity contribution < 1.29 is 28.5 Å². The maximum atomic E-state index is 11.7. The van der Waals surface area contributed by atoms with Gasteiger partial charge in [0.05, 0.1) is 13.2 Å². The van der Waals surface area contributed by atoms with Gasteiger partial charge in [-0.05, 0) is 55.0 Å². The van der Waals surface area contributed by atoms with Crippen LogP contribution in [0.3, 0.4) is 0 Å². The number of hydrogen-bond acceptors (Lipinski definition) is 6. The smallest absolute Gasteiger partial charge is 0.309 e. The van der Waals surface area contributed by atoms with Crippen LogP contribution in [0.1, 0.15) is 59.0 Å². The molecule has 3 N–H and O–H groups in total. The Kier molecular flexibility index (Phi) is 11.9. The lowest BCUT2D eigenvalue weighted by Gasteiger charge is -2.08. The number of fused-ring (bicyclic) bond motifs is 2. The minimum Gasteiger partial charge on any atom is -0.430 e. The molecular formula is C25H33B2N3O6. The molecule has 0 atom stereocenters. The maximum Gasteiger partial charge on any atom is 0.309 e. The van der Waals surface area contributed by atoms with Gasteiger partial charge < -0.3 is 25.3 Å². The van der Waals surface area contributed by atoms with Gasteiger partial charge in [-0.3, -0.25) is 19.2 Å². The van der Waals surface area contributed by atoms with Crippen LogP contribution >= 0.6 is 0 Å². The Morgan fingerprint density at radius 3 is 1.92 bits per heavy atom. The monoisotopic (exact) mass is 493 g/mol. The molecule has 4 rings (SSSR count). The Bertz CT molecular complexity index is 1080. The number of amides is 3. The highest BCUT2D eigenvalue weighted by Gasteiger charge is 2.16. The fraction of sp³-hybridized carbons (Fsp3) is 0.360. The van der Waals surface area contributed by atoms with Crippen molar-refractivity contribution in [3.05, 3.63) is 58.7 Å². The van der Waals surface area contributed by atoms with Crippen LogP contribution in [-0.2, 0) is 32.1 Å². The molecule has 2 aliphatic rings. The largest absolute Gasteiger partial charge is 0.430 e. The van der Waals surface area contributed by atoms with Gasteiger partial charge in [-0.1, -0.05) is 24.3 Å². The summed E-state index contributed by atoms with van der Waals surface area (Å²) in [6, 6.07) is 11.6. The Morgan fingerprint density at radius 2 is 1.47 bits per heavy atom. The summed E-state index contributed by atoms with van der Waals surface area (Å²) in [4.78, 5) is 42.7. The molecule has 0 fully saturated rings. The van der Waals surface area contributed by atoms with Crippen molar-refractivity contribution in [2.75, 3.05) is 13.6 Å². The van der Waals surface area contributed by atoms with Gasteiger partial charge >= 0.3 is 15.0 Å². The number of rotatable bonds is 7. The van der Waals surface area contributed by atoms with E-state index < -0.39 is 0 Å². The van der Waals surface area contributed by atoms with Gasteiger partial charge in [0.1, 0.15) is 5.78 Å². The van der Waals surface area contributed by atoms with E-state index in [2.05, 4.69) is 16.0 Å². The van der Waals surface area contributed by atoms with Gasteiger partial charge in [-0.2, -0.15) is 0 Å². The van der Waals surface area contributed by atoms with Crippen molar-refractivity contribution >= 4 is 49.9 Å². The normalized spacial score (nSPS) is 12.2. The van der Waals surface area contributed by atoms with Crippen molar-refractivity contribution in [3.63, 3.8) is 0 Å². The summed E-state index contributed by atoms with van der Waals surface area (Å²) in [5.74, 6) is 0.0359. The summed E-state index contributed by atoms with van der Waals surface area (Å²) in [6.07, 6.45) is 1.02. The number of hydrogen-bond donors (Lipinski definition) is 3. The number of carbonyl (C=O) groups excluding carboxylic acids is 4. The molecule has 2 aromatic carbocycles. The van der Waals surface area contributed by atoms with E-state index in [9.17, 15) is 19.2 Å². The Hall–Kier alpha value is -3.43. The molecule has 36 heavy (non-hydrogen) atoms. The number of ketones is 1.